The number of anilines is 2. The molecule has 6 heteroatoms. The predicted molar refractivity (Wildman–Crippen MR) is 134 cm³/mol. The van der Waals surface area contributed by atoms with Crippen molar-refractivity contribution in [3.63, 3.8) is 0 Å². The first-order chi connectivity index (χ1) is 15.8. The molecule has 1 aliphatic rings. The van der Waals surface area contributed by atoms with E-state index in [4.69, 9.17) is 4.98 Å². The van der Waals surface area contributed by atoms with E-state index >= 15 is 0 Å². The smallest absolute Gasteiger partial charge is 0.321 e. The number of nitrogens with one attached hydrogen (secondary N) is 1. The molecule has 4 rings (SSSR count). The molecule has 1 N–H and O–H groups in total. The average Bonchev–Trinajstić information content (AvgIpc) is 2.77. The molecule has 0 aliphatic carbocycles. The molecule has 0 saturated carbocycles. The van der Waals surface area contributed by atoms with E-state index in [9.17, 15) is 4.79 Å². The maximum Gasteiger partial charge on any atom is 0.321 e. The molecule has 2 amide bonds. The number of carbonyl (C=O) groups excluding carboxylic acids is 1. The Kier molecular flexibility index (Phi) is 6.63. The van der Waals surface area contributed by atoms with Crippen molar-refractivity contribution >= 4 is 17.5 Å². The highest BCUT2D eigenvalue weighted by molar-refractivity contribution is 5.90. The number of aromatic nitrogens is 2. The predicted octanol–water partition coefficient (Wildman–Crippen LogP) is 4.96. The van der Waals surface area contributed by atoms with Crippen molar-refractivity contribution in [3.8, 4) is 0 Å². The van der Waals surface area contributed by atoms with E-state index in [1.165, 1.54) is 22.3 Å². The molecule has 0 radical (unpaired) electrons. The minimum atomic E-state index is -0.0448. The van der Waals surface area contributed by atoms with Gasteiger partial charge in [-0.25, -0.2) is 14.8 Å². The highest BCUT2D eigenvalue weighted by Crippen LogP contribution is 2.26. The van der Waals surface area contributed by atoms with E-state index in [1.54, 1.807) is 0 Å². The van der Waals surface area contributed by atoms with Crippen molar-refractivity contribution < 1.29 is 4.79 Å². The summed E-state index contributed by atoms with van der Waals surface area (Å²) in [6.07, 6.45) is 0.802. The quantitative estimate of drug-likeness (QED) is 0.619. The number of rotatable bonds is 4. The molecule has 33 heavy (non-hydrogen) atoms. The Labute approximate surface area is 196 Å². The van der Waals surface area contributed by atoms with Crippen LogP contribution in [0.15, 0.2) is 42.5 Å². The Hall–Kier alpha value is -3.41. The van der Waals surface area contributed by atoms with Crippen molar-refractivity contribution in [2.45, 2.75) is 41.0 Å². The van der Waals surface area contributed by atoms with Gasteiger partial charge in [0.25, 0.3) is 0 Å². The van der Waals surface area contributed by atoms with Crippen LogP contribution in [-0.2, 0) is 6.42 Å². The number of hydrogen-bond donors (Lipinski definition) is 1. The van der Waals surface area contributed by atoms with Crippen molar-refractivity contribution in [2.75, 3.05) is 36.4 Å². The van der Waals surface area contributed by atoms with Crippen LogP contribution in [0.25, 0.3) is 0 Å². The van der Waals surface area contributed by atoms with Gasteiger partial charge in [-0.1, -0.05) is 47.5 Å². The van der Waals surface area contributed by atoms with Crippen LogP contribution in [0.5, 0.6) is 0 Å². The number of amides is 2. The molecule has 3 aromatic rings. The van der Waals surface area contributed by atoms with E-state index in [2.05, 4.69) is 66.3 Å². The standard InChI is InChI=1S/C27H33N5O/c1-18-7-6-8-23(16-18)17-24-21(4)28-22(5)29-26(24)31-11-13-32(14-12-31)27(33)30-25-10-9-19(2)15-20(25)3/h6-10,15-16H,11-14,17H2,1-5H3,(H,30,33). The second kappa shape index (κ2) is 9.61. The summed E-state index contributed by atoms with van der Waals surface area (Å²) in [5.41, 5.74) is 7.84. The van der Waals surface area contributed by atoms with Gasteiger partial charge in [0.15, 0.2) is 0 Å². The number of carbonyl (C=O) groups is 1. The first kappa shape index (κ1) is 22.8. The lowest BCUT2D eigenvalue weighted by molar-refractivity contribution is 0.208. The van der Waals surface area contributed by atoms with Crippen molar-refractivity contribution in [1.82, 2.24) is 14.9 Å². The van der Waals surface area contributed by atoms with Gasteiger partial charge >= 0.3 is 6.03 Å². The largest absolute Gasteiger partial charge is 0.353 e. The van der Waals surface area contributed by atoms with Crippen molar-refractivity contribution in [2.24, 2.45) is 0 Å². The van der Waals surface area contributed by atoms with Crippen molar-refractivity contribution in [1.29, 1.82) is 0 Å². The third-order valence-corrected chi connectivity index (χ3v) is 6.26. The summed E-state index contributed by atoms with van der Waals surface area (Å²) in [4.78, 5) is 26.5. The van der Waals surface area contributed by atoms with Gasteiger partial charge in [0.1, 0.15) is 11.6 Å². The molecule has 0 atom stereocenters. The zero-order valence-electron chi connectivity index (χ0n) is 20.3. The topological polar surface area (TPSA) is 61.4 Å². The van der Waals surface area contributed by atoms with Crippen LogP contribution < -0.4 is 10.2 Å². The van der Waals surface area contributed by atoms with Crippen LogP contribution in [0, 0.1) is 34.6 Å². The lowest BCUT2D eigenvalue weighted by atomic mass is 10.0. The third-order valence-electron chi connectivity index (χ3n) is 6.26. The van der Waals surface area contributed by atoms with Crippen molar-refractivity contribution in [3.05, 3.63) is 81.8 Å². The fourth-order valence-corrected chi connectivity index (χ4v) is 4.48. The summed E-state index contributed by atoms with van der Waals surface area (Å²) in [7, 11) is 0. The molecule has 0 bridgehead atoms. The maximum absolute atomic E-state index is 12.9. The van der Waals surface area contributed by atoms with Gasteiger partial charge in [0.2, 0.25) is 0 Å². The molecule has 2 heterocycles. The number of nitrogens with zero attached hydrogens (tertiary/aromatic N) is 4. The zero-order valence-corrected chi connectivity index (χ0v) is 20.3. The highest BCUT2D eigenvalue weighted by atomic mass is 16.2. The summed E-state index contributed by atoms with van der Waals surface area (Å²) < 4.78 is 0. The fraction of sp³-hybridized carbons (Fsp3) is 0.370. The van der Waals surface area contributed by atoms with Gasteiger partial charge in [-0.05, 0) is 51.8 Å². The Balaban J connectivity index is 1.47. The summed E-state index contributed by atoms with van der Waals surface area (Å²) >= 11 is 0. The molecule has 172 valence electrons. The second-order valence-corrected chi connectivity index (χ2v) is 9.05. The lowest BCUT2D eigenvalue weighted by Gasteiger charge is -2.36. The summed E-state index contributed by atoms with van der Waals surface area (Å²) in [5, 5.41) is 3.07. The number of hydrogen-bond acceptors (Lipinski definition) is 4. The van der Waals surface area contributed by atoms with E-state index in [0.29, 0.717) is 13.1 Å². The Bertz CT molecular complexity index is 1170. The van der Waals surface area contributed by atoms with Gasteiger partial charge in [-0.3, -0.25) is 0 Å². The van der Waals surface area contributed by atoms with Gasteiger partial charge in [0, 0.05) is 49.5 Å². The molecule has 0 unspecified atom stereocenters. The second-order valence-electron chi connectivity index (χ2n) is 9.05. The van der Waals surface area contributed by atoms with Gasteiger partial charge in [-0.15, -0.1) is 0 Å². The first-order valence-electron chi connectivity index (χ1n) is 11.6. The normalized spacial score (nSPS) is 13.8. The average molecular weight is 444 g/mol. The maximum atomic E-state index is 12.9. The minimum Gasteiger partial charge on any atom is -0.353 e. The van der Waals surface area contributed by atoms with Crippen LogP contribution in [0.3, 0.4) is 0 Å². The Morgan fingerprint density at radius 2 is 1.64 bits per heavy atom. The molecular weight excluding hydrogens is 410 g/mol. The van der Waals surface area contributed by atoms with E-state index in [-0.39, 0.29) is 6.03 Å². The number of aryl methyl sites for hydroxylation is 5. The van der Waals surface area contributed by atoms with Crippen LogP contribution in [0.1, 0.15) is 39.3 Å². The van der Waals surface area contributed by atoms with Crippen LogP contribution >= 0.6 is 0 Å². The molecule has 0 spiro atoms. The lowest BCUT2D eigenvalue weighted by Crippen LogP contribution is -2.50. The van der Waals surface area contributed by atoms with Crippen LogP contribution in [0.4, 0.5) is 16.3 Å². The van der Waals surface area contributed by atoms with Crippen LogP contribution in [-0.4, -0.2) is 47.1 Å². The minimum absolute atomic E-state index is 0.0448. The number of urea groups is 1. The molecule has 1 aromatic heterocycles. The summed E-state index contributed by atoms with van der Waals surface area (Å²) in [6, 6.07) is 14.6. The van der Waals surface area contributed by atoms with Crippen LogP contribution in [0.2, 0.25) is 0 Å². The van der Waals surface area contributed by atoms with E-state index < -0.39 is 0 Å². The summed E-state index contributed by atoms with van der Waals surface area (Å²) in [6.45, 7) is 13.0. The van der Waals surface area contributed by atoms with Gasteiger partial charge in [-0.2, -0.15) is 0 Å². The molecule has 2 aromatic carbocycles. The number of benzene rings is 2. The molecule has 1 aliphatic heterocycles. The first-order valence-corrected chi connectivity index (χ1v) is 11.6. The molecule has 1 fully saturated rings. The molecule has 1 saturated heterocycles. The highest BCUT2D eigenvalue weighted by Gasteiger charge is 2.25. The van der Waals surface area contributed by atoms with Gasteiger partial charge < -0.3 is 15.1 Å². The van der Waals surface area contributed by atoms with E-state index in [1.807, 2.05) is 30.9 Å². The summed E-state index contributed by atoms with van der Waals surface area (Å²) in [5.74, 6) is 1.78. The monoisotopic (exact) mass is 443 g/mol. The fourth-order valence-electron chi connectivity index (χ4n) is 4.48. The zero-order chi connectivity index (χ0) is 23.5. The number of piperazine rings is 1. The third kappa shape index (κ3) is 5.33. The Morgan fingerprint density at radius 3 is 2.33 bits per heavy atom. The van der Waals surface area contributed by atoms with Gasteiger partial charge in [0.05, 0.1) is 0 Å². The molecular formula is C27H33N5O. The Morgan fingerprint density at radius 1 is 0.909 bits per heavy atom. The van der Waals surface area contributed by atoms with E-state index in [0.717, 1.165) is 48.1 Å². The SMILES string of the molecule is Cc1cccc(Cc2c(C)nc(C)nc2N2CCN(C(=O)Nc3ccc(C)cc3C)CC2)c1. The molecule has 6 nitrogen and oxygen atoms in total.